The SMILES string of the molecule is Cc1ccc(S(=O)(=O)O[C@H]([C@H](C)O)P(=O)(OCc2ccccc2)OCc2ccccc2)cc1. The van der Waals surface area contributed by atoms with Gasteiger partial charge in [0.15, 0.2) is 0 Å². The summed E-state index contributed by atoms with van der Waals surface area (Å²) >= 11 is 0. The molecule has 0 aromatic heterocycles. The van der Waals surface area contributed by atoms with E-state index < -0.39 is 29.7 Å². The van der Waals surface area contributed by atoms with Crippen LogP contribution in [0.2, 0.25) is 0 Å². The Hall–Kier alpha value is -2.32. The van der Waals surface area contributed by atoms with Gasteiger partial charge >= 0.3 is 7.60 Å². The Balaban J connectivity index is 1.89. The summed E-state index contributed by atoms with van der Waals surface area (Å²) in [5.74, 6) is -1.77. The lowest BCUT2D eigenvalue weighted by Gasteiger charge is -2.28. The molecule has 0 aliphatic heterocycles. The standard InChI is InChI=1S/C24H27O7PS/c1-19-13-15-23(16-14-19)33(27,28)31-24(20(2)25)32(26,29-17-21-9-5-3-6-10-21)30-18-22-11-7-4-8-12-22/h3-16,20,24-25H,17-18H2,1-2H3/t20-,24-/m0/s1. The summed E-state index contributed by atoms with van der Waals surface area (Å²) in [6.45, 7) is 2.85. The molecule has 0 aliphatic carbocycles. The molecule has 176 valence electrons. The Labute approximate surface area is 194 Å². The first-order valence-corrected chi connectivity index (χ1v) is 13.4. The van der Waals surface area contributed by atoms with Crippen molar-refractivity contribution in [1.29, 1.82) is 0 Å². The minimum atomic E-state index is -4.36. The molecular weight excluding hydrogens is 463 g/mol. The Morgan fingerprint density at radius 1 is 0.818 bits per heavy atom. The largest absolute Gasteiger partial charge is 0.390 e. The zero-order valence-corrected chi connectivity index (χ0v) is 20.1. The van der Waals surface area contributed by atoms with Crippen LogP contribution in [0.15, 0.2) is 89.8 Å². The summed E-state index contributed by atoms with van der Waals surface area (Å²) in [6.07, 6.45) is -1.47. The van der Waals surface area contributed by atoms with Crippen LogP contribution in [-0.2, 0) is 41.1 Å². The molecule has 1 N–H and O–H groups in total. The van der Waals surface area contributed by atoms with Crippen LogP contribution >= 0.6 is 7.60 Å². The van der Waals surface area contributed by atoms with Crippen LogP contribution in [0.4, 0.5) is 0 Å². The highest BCUT2D eigenvalue weighted by molar-refractivity contribution is 7.87. The fraction of sp³-hybridized carbons (Fsp3) is 0.250. The summed E-state index contributed by atoms with van der Waals surface area (Å²) < 4.78 is 56.2. The van der Waals surface area contributed by atoms with Crippen LogP contribution in [-0.4, -0.2) is 25.5 Å². The van der Waals surface area contributed by atoms with Gasteiger partial charge in [-0.05, 0) is 37.1 Å². The molecule has 3 aromatic carbocycles. The van der Waals surface area contributed by atoms with E-state index in [1.165, 1.54) is 19.1 Å². The van der Waals surface area contributed by atoms with Gasteiger partial charge in [0.2, 0.25) is 5.85 Å². The fourth-order valence-corrected chi connectivity index (χ4v) is 6.27. The topological polar surface area (TPSA) is 99.1 Å². The van der Waals surface area contributed by atoms with Gasteiger partial charge in [-0.1, -0.05) is 78.4 Å². The Morgan fingerprint density at radius 3 is 1.70 bits per heavy atom. The molecule has 33 heavy (non-hydrogen) atoms. The molecule has 0 fully saturated rings. The van der Waals surface area contributed by atoms with Gasteiger partial charge in [-0.25, -0.2) is 4.18 Å². The van der Waals surface area contributed by atoms with Gasteiger partial charge in [0, 0.05) is 0 Å². The predicted octanol–water partition coefficient (Wildman–Crippen LogP) is 5.03. The molecule has 2 atom stereocenters. The molecule has 3 aromatic rings. The van der Waals surface area contributed by atoms with Gasteiger partial charge in [-0.2, -0.15) is 8.42 Å². The van der Waals surface area contributed by atoms with Crippen molar-refractivity contribution in [3.8, 4) is 0 Å². The maximum absolute atomic E-state index is 13.9. The first-order valence-electron chi connectivity index (χ1n) is 10.3. The molecule has 7 nitrogen and oxygen atoms in total. The number of hydrogen-bond acceptors (Lipinski definition) is 7. The summed E-state index contributed by atoms with van der Waals surface area (Å²) in [5.41, 5.74) is 2.27. The van der Waals surface area contributed by atoms with Gasteiger partial charge in [-0.15, -0.1) is 0 Å². The van der Waals surface area contributed by atoms with E-state index >= 15 is 0 Å². The minimum Gasteiger partial charge on any atom is -0.390 e. The van der Waals surface area contributed by atoms with Crippen molar-refractivity contribution in [3.63, 3.8) is 0 Å². The number of aliphatic hydroxyl groups is 1. The summed E-state index contributed by atoms with van der Waals surface area (Å²) in [7, 11) is -8.66. The van der Waals surface area contributed by atoms with Crippen LogP contribution < -0.4 is 0 Å². The van der Waals surface area contributed by atoms with Crippen LogP contribution in [0.5, 0.6) is 0 Å². The third-order valence-corrected chi connectivity index (χ3v) is 8.36. The molecule has 0 radical (unpaired) electrons. The zero-order chi connectivity index (χ0) is 23.9. The lowest BCUT2D eigenvalue weighted by atomic mass is 10.2. The molecule has 0 bridgehead atoms. The van der Waals surface area contributed by atoms with E-state index in [0.29, 0.717) is 11.1 Å². The van der Waals surface area contributed by atoms with Gasteiger partial charge < -0.3 is 14.2 Å². The van der Waals surface area contributed by atoms with E-state index in [2.05, 4.69) is 0 Å². The van der Waals surface area contributed by atoms with Gasteiger partial charge in [0.05, 0.1) is 24.2 Å². The van der Waals surface area contributed by atoms with Crippen molar-refractivity contribution >= 4 is 17.7 Å². The predicted molar refractivity (Wildman–Crippen MR) is 125 cm³/mol. The summed E-state index contributed by atoms with van der Waals surface area (Å²) in [6, 6.07) is 23.9. The first kappa shape index (κ1) is 25.3. The van der Waals surface area contributed by atoms with E-state index in [1.807, 2.05) is 19.1 Å². The molecule has 0 aliphatic rings. The molecule has 0 saturated heterocycles. The second-order valence-electron chi connectivity index (χ2n) is 7.55. The van der Waals surface area contributed by atoms with Crippen molar-refractivity contribution in [2.75, 3.05) is 0 Å². The van der Waals surface area contributed by atoms with E-state index in [4.69, 9.17) is 13.2 Å². The van der Waals surface area contributed by atoms with Crippen LogP contribution in [0, 0.1) is 6.92 Å². The van der Waals surface area contributed by atoms with Gasteiger partial charge in [-0.3, -0.25) is 4.57 Å². The highest BCUT2D eigenvalue weighted by Crippen LogP contribution is 2.56. The highest BCUT2D eigenvalue weighted by atomic mass is 32.2. The zero-order valence-electron chi connectivity index (χ0n) is 18.4. The van der Waals surface area contributed by atoms with Crippen molar-refractivity contribution in [1.82, 2.24) is 0 Å². The summed E-state index contributed by atoms with van der Waals surface area (Å²) in [5, 5.41) is 10.4. The molecule has 0 heterocycles. The van der Waals surface area contributed by atoms with Crippen LogP contribution in [0.25, 0.3) is 0 Å². The molecular formula is C24H27O7PS. The Kier molecular flexibility index (Phi) is 8.59. The fourth-order valence-electron chi connectivity index (χ4n) is 2.95. The van der Waals surface area contributed by atoms with E-state index in [9.17, 15) is 18.1 Å². The molecule has 3 rings (SSSR count). The van der Waals surface area contributed by atoms with Crippen LogP contribution in [0.1, 0.15) is 23.6 Å². The van der Waals surface area contributed by atoms with Crippen molar-refractivity contribution in [2.24, 2.45) is 0 Å². The first-order chi connectivity index (χ1) is 15.7. The monoisotopic (exact) mass is 490 g/mol. The lowest BCUT2D eigenvalue weighted by molar-refractivity contribution is 0.0633. The molecule has 0 amide bonds. The second-order valence-corrected chi connectivity index (χ2v) is 11.2. The number of hydrogen-bond donors (Lipinski definition) is 1. The number of benzene rings is 3. The van der Waals surface area contributed by atoms with E-state index in [-0.39, 0.29) is 18.1 Å². The minimum absolute atomic E-state index is 0.121. The van der Waals surface area contributed by atoms with Crippen molar-refractivity contribution < 1.29 is 31.3 Å². The van der Waals surface area contributed by atoms with E-state index in [1.54, 1.807) is 60.7 Å². The second kappa shape index (κ2) is 11.2. The maximum atomic E-state index is 13.9. The normalized spacial score (nSPS) is 14.0. The molecule has 0 unspecified atom stereocenters. The number of aliphatic hydroxyl groups excluding tert-OH is 1. The average Bonchev–Trinajstić information content (AvgIpc) is 2.81. The number of aryl methyl sites for hydroxylation is 1. The third-order valence-electron chi connectivity index (χ3n) is 4.77. The van der Waals surface area contributed by atoms with Gasteiger partial charge in [0.25, 0.3) is 10.1 Å². The van der Waals surface area contributed by atoms with E-state index in [0.717, 1.165) is 5.56 Å². The third kappa shape index (κ3) is 7.08. The highest BCUT2D eigenvalue weighted by Gasteiger charge is 2.44. The van der Waals surface area contributed by atoms with Crippen LogP contribution in [0.3, 0.4) is 0 Å². The maximum Gasteiger partial charge on any atom is 0.364 e. The Morgan fingerprint density at radius 2 is 1.27 bits per heavy atom. The molecule has 9 heteroatoms. The quantitative estimate of drug-likeness (QED) is 0.297. The van der Waals surface area contributed by atoms with Gasteiger partial charge in [0.1, 0.15) is 0 Å². The summed E-state index contributed by atoms with van der Waals surface area (Å²) in [4.78, 5) is -0.128. The van der Waals surface area contributed by atoms with Crippen molar-refractivity contribution in [3.05, 3.63) is 102 Å². The number of rotatable bonds is 11. The lowest BCUT2D eigenvalue weighted by Crippen LogP contribution is -2.31. The molecule has 0 saturated carbocycles. The smallest absolute Gasteiger partial charge is 0.364 e. The Bertz CT molecular complexity index is 1120. The van der Waals surface area contributed by atoms with Crippen molar-refractivity contribution in [2.45, 2.75) is 43.9 Å². The molecule has 0 spiro atoms. The average molecular weight is 491 g/mol.